The van der Waals surface area contributed by atoms with E-state index in [2.05, 4.69) is 10.3 Å². The molecule has 9 nitrogen and oxygen atoms in total. The largest absolute Gasteiger partial charge is 0.340 e. The molecular weight excluding hydrogens is 410 g/mol. The number of imide groups is 1. The van der Waals surface area contributed by atoms with E-state index in [1.807, 2.05) is 13.0 Å². The van der Waals surface area contributed by atoms with Crippen molar-refractivity contribution in [2.75, 3.05) is 32.0 Å². The maximum absolute atomic E-state index is 13.1. The quantitative estimate of drug-likeness (QED) is 0.722. The van der Waals surface area contributed by atoms with Gasteiger partial charge in [-0.05, 0) is 44.2 Å². The van der Waals surface area contributed by atoms with E-state index < -0.39 is 11.6 Å². The summed E-state index contributed by atoms with van der Waals surface area (Å²) in [6, 6.07) is 3.22. The maximum Gasteiger partial charge on any atom is 0.327 e. The van der Waals surface area contributed by atoms with E-state index in [9.17, 15) is 19.2 Å². The summed E-state index contributed by atoms with van der Waals surface area (Å²) < 4.78 is 0. The summed E-state index contributed by atoms with van der Waals surface area (Å²) in [5.74, 6) is -0.590. The van der Waals surface area contributed by atoms with Crippen LogP contribution in [0.1, 0.15) is 50.5 Å². The van der Waals surface area contributed by atoms with Gasteiger partial charge in [0, 0.05) is 26.3 Å². The number of hydrogen-bond acceptors (Lipinski definition) is 5. The Hall–Kier alpha value is -2.97. The Morgan fingerprint density at radius 1 is 1.16 bits per heavy atom. The fraction of sp³-hybridized carbons (Fsp3) is 0.609. The van der Waals surface area contributed by atoms with Crippen molar-refractivity contribution in [1.29, 1.82) is 0 Å². The van der Waals surface area contributed by atoms with Crippen LogP contribution < -0.4 is 5.32 Å². The number of anilines is 1. The van der Waals surface area contributed by atoms with E-state index >= 15 is 0 Å². The van der Waals surface area contributed by atoms with Gasteiger partial charge in [0.1, 0.15) is 17.9 Å². The van der Waals surface area contributed by atoms with Gasteiger partial charge in [0.2, 0.25) is 11.8 Å². The van der Waals surface area contributed by atoms with Gasteiger partial charge in [-0.2, -0.15) is 0 Å². The zero-order valence-electron chi connectivity index (χ0n) is 18.8. The molecule has 0 aromatic carbocycles. The Morgan fingerprint density at radius 3 is 2.59 bits per heavy atom. The third kappa shape index (κ3) is 4.08. The Balaban J connectivity index is 1.38. The fourth-order valence-electron chi connectivity index (χ4n) is 5.09. The summed E-state index contributed by atoms with van der Waals surface area (Å²) in [7, 11) is 1.66. The summed E-state index contributed by atoms with van der Waals surface area (Å²) in [4.78, 5) is 60.1. The molecule has 1 atom stereocenters. The number of nitrogens with one attached hydrogen (secondary N) is 1. The number of hydrogen-bond donors (Lipinski definition) is 1. The molecule has 1 unspecified atom stereocenters. The molecule has 3 heterocycles. The third-order valence-corrected chi connectivity index (χ3v) is 7.08. The van der Waals surface area contributed by atoms with Crippen LogP contribution in [0.15, 0.2) is 18.3 Å². The summed E-state index contributed by atoms with van der Waals surface area (Å²) in [5, 5.41) is 2.82. The number of rotatable bonds is 4. The lowest BCUT2D eigenvalue weighted by atomic mass is 9.81. The molecule has 3 fully saturated rings. The van der Waals surface area contributed by atoms with Crippen LogP contribution in [0.4, 0.5) is 10.6 Å². The smallest absolute Gasteiger partial charge is 0.327 e. The minimum Gasteiger partial charge on any atom is -0.340 e. The zero-order valence-corrected chi connectivity index (χ0v) is 18.8. The first-order chi connectivity index (χ1) is 15.3. The van der Waals surface area contributed by atoms with Gasteiger partial charge in [-0.25, -0.2) is 9.78 Å². The molecule has 3 aliphatic rings. The zero-order chi connectivity index (χ0) is 22.9. The van der Waals surface area contributed by atoms with Crippen LogP contribution in [0.3, 0.4) is 0 Å². The summed E-state index contributed by atoms with van der Waals surface area (Å²) >= 11 is 0. The van der Waals surface area contributed by atoms with Gasteiger partial charge in [-0.1, -0.05) is 25.3 Å². The van der Waals surface area contributed by atoms with Crippen LogP contribution in [0, 0.1) is 12.8 Å². The van der Waals surface area contributed by atoms with E-state index in [0.717, 1.165) is 29.7 Å². The monoisotopic (exact) mass is 441 g/mol. The van der Waals surface area contributed by atoms with Crippen molar-refractivity contribution in [2.45, 2.75) is 57.4 Å². The van der Waals surface area contributed by atoms with E-state index in [1.165, 1.54) is 4.90 Å². The van der Waals surface area contributed by atoms with Crippen LogP contribution in [-0.4, -0.2) is 75.7 Å². The van der Waals surface area contributed by atoms with Crippen molar-refractivity contribution >= 4 is 29.6 Å². The lowest BCUT2D eigenvalue weighted by Gasteiger charge is -2.36. The fourth-order valence-corrected chi connectivity index (χ4v) is 5.09. The number of carbonyl (C=O) groups excluding carboxylic acids is 4. The number of urea groups is 1. The first kappa shape index (κ1) is 22.2. The average molecular weight is 442 g/mol. The molecule has 1 spiro atoms. The van der Waals surface area contributed by atoms with E-state index in [-0.39, 0.29) is 36.7 Å². The van der Waals surface area contributed by atoms with Crippen LogP contribution >= 0.6 is 0 Å². The van der Waals surface area contributed by atoms with Crippen LogP contribution in [0.5, 0.6) is 0 Å². The number of pyridine rings is 1. The van der Waals surface area contributed by atoms with Gasteiger partial charge >= 0.3 is 6.03 Å². The van der Waals surface area contributed by atoms with Gasteiger partial charge in [0.15, 0.2) is 0 Å². The molecule has 4 rings (SSSR count). The topological polar surface area (TPSA) is 103 Å². The van der Waals surface area contributed by atoms with Crippen molar-refractivity contribution in [3.63, 3.8) is 0 Å². The Bertz CT molecular complexity index is 909. The molecule has 0 radical (unpaired) electrons. The van der Waals surface area contributed by atoms with Crippen molar-refractivity contribution in [2.24, 2.45) is 5.92 Å². The highest BCUT2D eigenvalue weighted by Gasteiger charge is 2.56. The van der Waals surface area contributed by atoms with Crippen LogP contribution in [0.25, 0.3) is 0 Å². The van der Waals surface area contributed by atoms with Gasteiger partial charge < -0.3 is 15.1 Å². The first-order valence-corrected chi connectivity index (χ1v) is 11.4. The third-order valence-electron chi connectivity index (χ3n) is 7.08. The highest BCUT2D eigenvalue weighted by molar-refractivity contribution is 6.09. The van der Waals surface area contributed by atoms with Gasteiger partial charge in [-0.3, -0.25) is 19.3 Å². The molecule has 9 heteroatoms. The maximum atomic E-state index is 13.1. The number of piperidine rings is 1. The highest BCUT2D eigenvalue weighted by atomic mass is 16.2. The molecule has 1 aliphatic carbocycles. The number of likely N-dealkylation sites (N-methyl/N-ethyl adjacent to an activating group) is 1. The number of likely N-dealkylation sites (tertiary alicyclic amines) is 1. The average Bonchev–Trinajstić information content (AvgIpc) is 2.97. The number of nitrogens with zero attached hydrogens (tertiary/aromatic N) is 4. The Morgan fingerprint density at radius 2 is 1.91 bits per heavy atom. The number of carbonyl (C=O) groups is 4. The number of amides is 5. The molecule has 1 saturated carbocycles. The van der Waals surface area contributed by atoms with Crippen LogP contribution in [-0.2, 0) is 14.4 Å². The molecule has 0 bridgehead atoms. The Labute approximate surface area is 188 Å². The predicted molar refractivity (Wildman–Crippen MR) is 118 cm³/mol. The molecule has 1 aromatic rings. The second-order valence-electron chi connectivity index (χ2n) is 9.21. The highest BCUT2D eigenvalue weighted by Crippen LogP contribution is 2.39. The molecular formula is C23H31N5O4. The number of aromatic nitrogens is 1. The second-order valence-corrected chi connectivity index (χ2v) is 9.21. The lowest BCUT2D eigenvalue weighted by Crippen LogP contribution is -2.50. The van der Waals surface area contributed by atoms with Crippen LogP contribution in [0.2, 0.25) is 0 Å². The van der Waals surface area contributed by atoms with Gasteiger partial charge in [0.25, 0.3) is 5.91 Å². The molecule has 1 N–H and O–H groups in total. The minimum atomic E-state index is -0.791. The predicted octanol–water partition coefficient (Wildman–Crippen LogP) is 2.16. The molecule has 5 amide bonds. The lowest BCUT2D eigenvalue weighted by molar-refractivity contribution is -0.142. The summed E-state index contributed by atoms with van der Waals surface area (Å²) in [6.07, 6.45) is 7.23. The van der Waals surface area contributed by atoms with Crippen molar-refractivity contribution < 1.29 is 19.2 Å². The standard InChI is InChI=1S/C23H31N5O4/c1-16-8-9-18(24-13-16)25-20(30)17-7-6-12-27(14-17)19(29)15-28-21(31)23(26(2)22(28)32)10-4-3-5-11-23/h8-9,13,17H,3-7,10-12,14-15H2,1-2H3,(H,24,25,30). The first-order valence-electron chi connectivity index (χ1n) is 11.4. The molecule has 172 valence electrons. The van der Waals surface area contributed by atoms with E-state index in [1.54, 1.807) is 24.2 Å². The van der Waals surface area contributed by atoms with Gasteiger partial charge in [-0.15, -0.1) is 0 Å². The number of aryl methyl sites for hydroxylation is 1. The SMILES string of the molecule is Cc1ccc(NC(=O)C2CCCN(C(=O)CN3C(=O)N(C)C4(CCCCC4)C3=O)C2)nc1. The summed E-state index contributed by atoms with van der Waals surface area (Å²) in [6.45, 7) is 2.45. The Kier molecular flexibility index (Phi) is 6.17. The summed E-state index contributed by atoms with van der Waals surface area (Å²) in [5.41, 5.74) is 0.213. The second kappa shape index (κ2) is 8.88. The van der Waals surface area contributed by atoms with Crippen molar-refractivity contribution in [3.05, 3.63) is 23.9 Å². The van der Waals surface area contributed by atoms with E-state index in [4.69, 9.17) is 0 Å². The molecule has 2 aliphatic heterocycles. The van der Waals surface area contributed by atoms with Crippen molar-refractivity contribution in [1.82, 2.24) is 19.7 Å². The molecule has 1 aromatic heterocycles. The molecule has 32 heavy (non-hydrogen) atoms. The van der Waals surface area contributed by atoms with Gasteiger partial charge in [0.05, 0.1) is 5.92 Å². The van der Waals surface area contributed by atoms with Crippen molar-refractivity contribution in [3.8, 4) is 0 Å². The minimum absolute atomic E-state index is 0.173. The normalized spacial score (nSPS) is 23.1. The van der Waals surface area contributed by atoms with E-state index in [0.29, 0.717) is 38.0 Å². The molecule has 2 saturated heterocycles.